The van der Waals surface area contributed by atoms with Crippen molar-refractivity contribution >= 4 is 110 Å². The van der Waals surface area contributed by atoms with Crippen LogP contribution in [0, 0.1) is 0 Å². The van der Waals surface area contributed by atoms with Crippen molar-refractivity contribution in [3.05, 3.63) is 522 Å². The molecule has 30 rings (SSSR count). The summed E-state index contributed by atoms with van der Waals surface area (Å²) in [5, 5.41) is 19.2. The zero-order valence-corrected chi connectivity index (χ0v) is 84.0. The van der Waals surface area contributed by atoms with Crippen molar-refractivity contribution in [2.75, 3.05) is 0 Å². The van der Waals surface area contributed by atoms with E-state index in [1.54, 1.807) is 5.57 Å². The highest BCUT2D eigenvalue weighted by molar-refractivity contribution is 6.26. The van der Waals surface area contributed by atoms with E-state index in [0.717, 1.165) is 109 Å². The van der Waals surface area contributed by atoms with Gasteiger partial charge in [-0.05, 0) is 180 Å². The van der Waals surface area contributed by atoms with E-state index in [9.17, 15) is 0 Å². The maximum atomic E-state index is 5.19. The van der Waals surface area contributed by atoms with Gasteiger partial charge in [0.15, 0.2) is 17.5 Å². The van der Waals surface area contributed by atoms with E-state index < -0.39 is 0 Å². The Kier molecular flexibility index (Phi) is 21.0. The first-order chi connectivity index (χ1) is 73.7. The predicted octanol–water partition coefficient (Wildman–Crippen LogP) is 33.0. The van der Waals surface area contributed by atoms with Crippen LogP contribution in [0.25, 0.3) is 217 Å². The lowest BCUT2D eigenvalue weighted by Crippen LogP contribution is -2.41. The van der Waals surface area contributed by atoms with Crippen molar-refractivity contribution < 1.29 is 0 Å². The number of amidine groups is 2. The lowest BCUT2D eigenvalue weighted by Gasteiger charge is -2.37. The van der Waals surface area contributed by atoms with Gasteiger partial charge in [0.25, 0.3) is 0 Å². The summed E-state index contributed by atoms with van der Waals surface area (Å²) in [6.07, 6.45) is 4.36. The molecule has 0 spiro atoms. The molecule has 0 fully saturated rings. The number of hydrogen-bond acceptors (Lipinski definition) is 7. The quantitative estimate of drug-likeness (QED) is 0.131. The Hall–Kier alpha value is -18.6. The van der Waals surface area contributed by atoms with Crippen LogP contribution in [0.4, 0.5) is 0 Å². The molecule has 0 radical (unpaired) electrons. The average Bonchev–Trinajstić information content (AvgIpc) is 1.48. The third kappa shape index (κ3) is 14.5. The van der Waals surface area contributed by atoms with Crippen LogP contribution < -0.4 is 15.8 Å². The SMILES string of the molecule is CC1(C)C2=c3c(c4c(cc3=CCC2)c2ccccc2n4-c2cccc(-c3nc(-c4ccccc4)cc(-c4ccccc4)n3)c2)-c2ccccc21.CC1(C)c2ccccc2-c2c3c1cccc3cc1c3ccccc3n(-c3cccc(-c4cc(-c5ccccc5)nc(-c5ccccc5)n4)c3)c21.CC1(C)c2ccccc2-c2c3c1cccc3cc1c3ccccc3n(-c3cccc(C4=NC(c5ccccc5)NC(c5ccccc5)=N4)c3)c21. The van der Waals surface area contributed by atoms with Crippen LogP contribution in [0.5, 0.6) is 0 Å². The number of rotatable bonds is 12. The predicted molar refractivity (Wildman–Crippen MR) is 623 cm³/mol. The Bertz CT molecular complexity index is 9950. The molecule has 4 aliphatic carbocycles. The summed E-state index contributed by atoms with van der Waals surface area (Å²) in [4.78, 5) is 30.9. The van der Waals surface area contributed by atoms with Crippen molar-refractivity contribution in [3.8, 4) is 118 Å². The standard InChI is InChI=1S/C47H35N3.C47H33N3.C46H34N4/c1-47(2)38-24-11-9-23-36(38)44-43-32(19-14-25-39(43)47)28-37-35-22-10-12-26-42(35)50(45(37)44)34-21-13-20-33(27-34)46-48-40(30-15-5-3-6-16-30)29-41(49-46)31-17-7-4-8-18-31;1-47(2)38-24-11-9-23-36(38)44-43-33(20-14-25-39(43)47)28-37-35-22-10-12-26-42(35)50(45(37)44)34-21-13-19-32(27-34)41-29-40(30-15-5-3-6-16-30)48-46(49-41)31-17-7-4-8-18-31;1-46(2)37-24-11-9-23-35(37)41-40-31(19-14-25-38(40)46)28-36-34-22-10-12-26-39(34)50(42(36)41)33-21-13-20-32(27-33)45-48-43(29-15-5-3-6-16-29)47-44(49-45)30-17-7-4-8-18-30/h3-13,15-24,26-29H,14,25H2,1-2H3;3-29H,1-2H3;3-28,43H,1-2H3,(H,47,48,49). The van der Waals surface area contributed by atoms with Gasteiger partial charge in [-0.2, -0.15) is 0 Å². The number of benzene rings is 20. The highest BCUT2D eigenvalue weighted by atomic mass is 15.2. The molecule has 10 heteroatoms. The summed E-state index contributed by atoms with van der Waals surface area (Å²) in [6, 6.07) is 167. The van der Waals surface area contributed by atoms with Crippen molar-refractivity contribution in [2.24, 2.45) is 9.98 Å². The molecule has 10 nitrogen and oxygen atoms in total. The molecule has 6 heterocycles. The molecule has 0 amide bonds. The molecule has 5 aromatic heterocycles. The minimum absolute atomic E-state index is 0.0331. The normalized spacial score (nSPS) is 14.5. The van der Waals surface area contributed by atoms with Crippen molar-refractivity contribution in [3.63, 3.8) is 0 Å². The van der Waals surface area contributed by atoms with Gasteiger partial charge in [-0.25, -0.2) is 29.9 Å². The van der Waals surface area contributed by atoms with Crippen LogP contribution in [0.2, 0.25) is 0 Å². The maximum Gasteiger partial charge on any atom is 0.160 e. The van der Waals surface area contributed by atoms with Gasteiger partial charge >= 0.3 is 0 Å². The van der Waals surface area contributed by atoms with Gasteiger partial charge in [0.1, 0.15) is 12.0 Å². The van der Waals surface area contributed by atoms with Crippen LogP contribution >= 0.6 is 0 Å². The van der Waals surface area contributed by atoms with E-state index in [2.05, 4.69) is 473 Å². The molecule has 25 aromatic rings. The van der Waals surface area contributed by atoms with Gasteiger partial charge < -0.3 is 19.0 Å². The van der Waals surface area contributed by atoms with E-state index in [4.69, 9.17) is 29.9 Å². The number of hydrogen-bond donors (Lipinski definition) is 1. The molecule has 0 bridgehead atoms. The topological polar surface area (TPSA) is 103 Å². The van der Waals surface area contributed by atoms with Gasteiger partial charge in [0, 0.05) is 127 Å². The highest BCUT2D eigenvalue weighted by Crippen LogP contribution is 2.57. The molecular weight excluding hydrogens is 1820 g/mol. The second-order valence-electron chi connectivity index (χ2n) is 41.8. The Morgan fingerprint density at radius 1 is 0.273 bits per heavy atom. The van der Waals surface area contributed by atoms with Crippen LogP contribution in [0.3, 0.4) is 0 Å². The third-order valence-corrected chi connectivity index (χ3v) is 32.1. The monoisotopic (exact) mass is 1920 g/mol. The number of para-hydroxylation sites is 3. The second kappa shape index (κ2) is 35.4. The fourth-order valence-corrected chi connectivity index (χ4v) is 25.0. The van der Waals surface area contributed by atoms with Gasteiger partial charge in [-0.3, -0.25) is 0 Å². The summed E-state index contributed by atoms with van der Waals surface area (Å²) in [6.45, 7) is 14.3. The van der Waals surface area contributed by atoms with E-state index >= 15 is 0 Å². The summed E-state index contributed by atoms with van der Waals surface area (Å²) in [5.74, 6) is 2.95. The number of nitrogens with zero attached hydrogens (tertiary/aromatic N) is 9. The van der Waals surface area contributed by atoms with E-state index in [1.165, 1.54) is 159 Å². The molecule has 150 heavy (non-hydrogen) atoms. The lowest BCUT2D eigenvalue weighted by atomic mass is 9.67. The maximum absolute atomic E-state index is 5.19. The molecule has 1 aliphatic heterocycles. The first-order valence-electron chi connectivity index (χ1n) is 52.1. The van der Waals surface area contributed by atoms with E-state index in [-0.39, 0.29) is 22.4 Å². The largest absolute Gasteiger partial charge is 0.344 e. The number of aliphatic imine (C=N–C) groups is 2. The molecule has 1 N–H and O–H groups in total. The van der Waals surface area contributed by atoms with Crippen LogP contribution in [-0.4, -0.2) is 45.3 Å². The van der Waals surface area contributed by atoms with Crippen LogP contribution in [0.15, 0.2) is 477 Å². The second-order valence-corrected chi connectivity index (χ2v) is 41.8. The molecule has 0 saturated heterocycles. The van der Waals surface area contributed by atoms with Gasteiger partial charge in [-0.1, -0.05) is 435 Å². The third-order valence-electron chi connectivity index (χ3n) is 32.1. The number of aromatic nitrogens is 7. The molecule has 712 valence electrons. The molecule has 20 aromatic carbocycles. The molecule has 5 aliphatic rings. The van der Waals surface area contributed by atoms with Gasteiger partial charge in [0.05, 0.1) is 55.9 Å². The fraction of sp³-hybridized carbons (Fsp3) is 0.0857. The van der Waals surface area contributed by atoms with Gasteiger partial charge in [0.2, 0.25) is 0 Å². The first-order valence-corrected chi connectivity index (χ1v) is 52.1. The molecule has 0 saturated carbocycles. The smallest absolute Gasteiger partial charge is 0.160 e. The summed E-state index contributed by atoms with van der Waals surface area (Å²) >= 11 is 0. The zero-order valence-electron chi connectivity index (χ0n) is 84.0. The summed E-state index contributed by atoms with van der Waals surface area (Å²) in [7, 11) is 0. The van der Waals surface area contributed by atoms with Gasteiger partial charge in [-0.15, -0.1) is 0 Å². The average molecular weight is 1920 g/mol. The van der Waals surface area contributed by atoms with Crippen LogP contribution in [-0.2, 0) is 16.2 Å². The summed E-state index contributed by atoms with van der Waals surface area (Å²) < 4.78 is 7.43. The zero-order chi connectivity index (χ0) is 100. The molecular formula is C140H102N10. The van der Waals surface area contributed by atoms with Crippen molar-refractivity contribution in [2.45, 2.75) is 76.8 Å². The number of nitrogens with one attached hydrogen (secondary N) is 1. The molecule has 1 atom stereocenters. The number of fused-ring (bicyclic) bond motifs is 18. The van der Waals surface area contributed by atoms with E-state index in [0.29, 0.717) is 17.5 Å². The Balaban J connectivity index is 0.000000108. The Labute approximate surface area is 870 Å². The Morgan fingerprint density at radius 2 is 0.620 bits per heavy atom. The lowest BCUT2D eigenvalue weighted by molar-refractivity contribution is 0.645. The fourth-order valence-electron chi connectivity index (χ4n) is 25.0. The van der Waals surface area contributed by atoms with Crippen molar-refractivity contribution in [1.82, 2.24) is 39.0 Å². The minimum atomic E-state index is -0.259. The summed E-state index contributed by atoms with van der Waals surface area (Å²) in [5.41, 5.74) is 39.6. The van der Waals surface area contributed by atoms with Crippen molar-refractivity contribution in [1.29, 1.82) is 0 Å². The molecule has 1 unspecified atom stereocenters. The van der Waals surface area contributed by atoms with Crippen LogP contribution in [0.1, 0.15) is 105 Å². The Morgan fingerprint density at radius 3 is 1.10 bits per heavy atom. The highest BCUT2D eigenvalue weighted by Gasteiger charge is 2.41. The van der Waals surface area contributed by atoms with E-state index in [1.807, 2.05) is 60.7 Å². The minimum Gasteiger partial charge on any atom is -0.344 e. The first kappa shape index (κ1) is 89.0.